The van der Waals surface area contributed by atoms with E-state index >= 15 is 0 Å². The van der Waals surface area contributed by atoms with E-state index in [0.717, 1.165) is 53.2 Å². The summed E-state index contributed by atoms with van der Waals surface area (Å²) >= 11 is 0. The van der Waals surface area contributed by atoms with Crippen molar-refractivity contribution in [3.63, 3.8) is 0 Å². The van der Waals surface area contributed by atoms with Crippen LogP contribution in [0, 0.1) is 5.92 Å². The van der Waals surface area contributed by atoms with E-state index in [1.165, 1.54) is 0 Å². The highest BCUT2D eigenvalue weighted by atomic mass is 19.1. The molecule has 2 heterocycles. The zero-order chi connectivity index (χ0) is 24.4. The lowest BCUT2D eigenvalue weighted by Gasteiger charge is -2.38. The molecule has 6 heteroatoms. The molecule has 35 heavy (non-hydrogen) atoms. The van der Waals surface area contributed by atoms with Crippen LogP contribution in [0.25, 0.3) is 11.1 Å². The number of phenols is 2. The van der Waals surface area contributed by atoms with Gasteiger partial charge in [0.1, 0.15) is 35.7 Å². The summed E-state index contributed by atoms with van der Waals surface area (Å²) in [5.74, 6) is 2.34. The number of ether oxygens (including phenoxy) is 2. The van der Waals surface area contributed by atoms with Gasteiger partial charge in [0.2, 0.25) is 0 Å². The quantitative estimate of drug-likeness (QED) is 0.429. The Bertz CT molecular complexity index is 1220. The van der Waals surface area contributed by atoms with Gasteiger partial charge in [-0.05, 0) is 78.4 Å². The maximum Gasteiger partial charge on any atom is 0.150 e. The molecule has 2 aliphatic heterocycles. The molecule has 0 aromatic heterocycles. The second-order valence-electron chi connectivity index (χ2n) is 9.29. The van der Waals surface area contributed by atoms with Crippen LogP contribution in [0.2, 0.25) is 0 Å². The van der Waals surface area contributed by atoms with Crippen LogP contribution in [0.1, 0.15) is 36.1 Å². The molecule has 2 aliphatic rings. The minimum atomic E-state index is -0.378. The molecule has 3 aromatic carbocycles. The summed E-state index contributed by atoms with van der Waals surface area (Å²) in [6.45, 7) is 5.11. The summed E-state index contributed by atoms with van der Waals surface area (Å²) < 4.78 is 24.8. The van der Waals surface area contributed by atoms with Gasteiger partial charge in [-0.15, -0.1) is 0 Å². The molecule has 0 aliphatic carbocycles. The maximum atomic E-state index is 12.4. The van der Waals surface area contributed by atoms with Crippen molar-refractivity contribution in [2.75, 3.05) is 32.9 Å². The van der Waals surface area contributed by atoms with Crippen molar-refractivity contribution in [1.29, 1.82) is 0 Å². The number of halogens is 1. The van der Waals surface area contributed by atoms with E-state index in [-0.39, 0.29) is 24.3 Å². The third kappa shape index (κ3) is 4.98. The van der Waals surface area contributed by atoms with Crippen LogP contribution in [0.3, 0.4) is 0 Å². The molecule has 2 N–H and O–H groups in total. The predicted octanol–water partition coefficient (Wildman–Crippen LogP) is 5.83. The number of hydrogen-bond donors (Lipinski definition) is 2. The van der Waals surface area contributed by atoms with E-state index < -0.39 is 0 Å². The number of fused-ring (bicyclic) bond motifs is 1. The van der Waals surface area contributed by atoms with E-state index in [9.17, 15) is 14.6 Å². The average molecular weight is 476 g/mol. The summed E-state index contributed by atoms with van der Waals surface area (Å²) in [6, 6.07) is 20.2. The monoisotopic (exact) mass is 475 g/mol. The molecular formula is C29H30FNO4. The molecule has 0 radical (unpaired) electrons. The number of phenolic OH excluding ortho intramolecular Hbond substituents is 2. The maximum absolute atomic E-state index is 12.4. The van der Waals surface area contributed by atoms with E-state index in [4.69, 9.17) is 9.47 Å². The predicted molar refractivity (Wildman–Crippen MR) is 135 cm³/mol. The Labute approximate surface area is 205 Å². The number of allylic oxidation sites excluding steroid dienone is 1. The smallest absolute Gasteiger partial charge is 0.150 e. The molecule has 5 rings (SSSR count). The van der Waals surface area contributed by atoms with Gasteiger partial charge in [-0.3, -0.25) is 9.29 Å². The Morgan fingerprint density at radius 3 is 2.51 bits per heavy atom. The van der Waals surface area contributed by atoms with Crippen molar-refractivity contribution in [2.45, 2.75) is 19.4 Å². The minimum Gasteiger partial charge on any atom is -0.508 e. The summed E-state index contributed by atoms with van der Waals surface area (Å²) in [6.07, 6.45) is 0.281. The number of aromatic hydroxyl groups is 2. The van der Waals surface area contributed by atoms with E-state index in [0.29, 0.717) is 24.7 Å². The highest BCUT2D eigenvalue weighted by Gasteiger charge is 2.30. The Morgan fingerprint density at radius 1 is 1.00 bits per heavy atom. The fourth-order valence-electron chi connectivity index (χ4n) is 4.95. The summed E-state index contributed by atoms with van der Waals surface area (Å²) in [5, 5.41) is 20.1. The van der Waals surface area contributed by atoms with Gasteiger partial charge in [0, 0.05) is 30.8 Å². The van der Waals surface area contributed by atoms with Crippen LogP contribution < -0.4 is 9.47 Å². The molecule has 0 saturated carbocycles. The van der Waals surface area contributed by atoms with Gasteiger partial charge >= 0.3 is 0 Å². The van der Waals surface area contributed by atoms with Crippen LogP contribution in [-0.4, -0.2) is 48.0 Å². The van der Waals surface area contributed by atoms with Crippen molar-refractivity contribution < 1.29 is 24.1 Å². The molecular weight excluding hydrogens is 445 g/mol. The van der Waals surface area contributed by atoms with Crippen molar-refractivity contribution >= 4 is 11.1 Å². The molecule has 1 fully saturated rings. The Kier molecular flexibility index (Phi) is 6.64. The molecule has 3 aromatic rings. The Balaban J connectivity index is 1.34. The SMILES string of the molecule is CC1=C(c2cccc(O)c2)C(c2ccc(OCCN3CC(CCF)C3)cc2)Oc2ccc(O)cc21. The molecule has 1 atom stereocenters. The van der Waals surface area contributed by atoms with Crippen molar-refractivity contribution in [2.24, 2.45) is 5.92 Å². The van der Waals surface area contributed by atoms with Crippen LogP contribution in [0.4, 0.5) is 4.39 Å². The van der Waals surface area contributed by atoms with E-state index in [2.05, 4.69) is 4.90 Å². The lowest BCUT2D eigenvalue weighted by Crippen LogP contribution is -2.48. The summed E-state index contributed by atoms with van der Waals surface area (Å²) in [7, 11) is 0. The Hall–Kier alpha value is -3.51. The molecule has 1 unspecified atom stereocenters. The number of nitrogens with zero attached hydrogens (tertiary/aromatic N) is 1. The van der Waals surface area contributed by atoms with E-state index in [1.807, 2.05) is 43.3 Å². The van der Waals surface area contributed by atoms with Crippen LogP contribution in [0.15, 0.2) is 66.7 Å². The third-order valence-corrected chi connectivity index (χ3v) is 6.84. The highest BCUT2D eigenvalue weighted by molar-refractivity contribution is 5.95. The fourth-order valence-corrected chi connectivity index (χ4v) is 4.95. The summed E-state index contributed by atoms with van der Waals surface area (Å²) in [5.41, 5.74) is 4.58. The lowest BCUT2D eigenvalue weighted by atomic mass is 9.86. The zero-order valence-corrected chi connectivity index (χ0v) is 19.8. The first-order valence-electron chi connectivity index (χ1n) is 12.0. The number of likely N-dealkylation sites (tertiary alicyclic amines) is 1. The zero-order valence-electron chi connectivity index (χ0n) is 19.8. The normalized spacial score (nSPS) is 18.1. The third-order valence-electron chi connectivity index (χ3n) is 6.84. The van der Waals surface area contributed by atoms with Crippen molar-refractivity contribution in [3.8, 4) is 23.0 Å². The average Bonchev–Trinajstić information content (AvgIpc) is 2.83. The molecule has 1 saturated heterocycles. The van der Waals surface area contributed by atoms with Gasteiger partial charge in [-0.1, -0.05) is 24.3 Å². The molecule has 5 nitrogen and oxygen atoms in total. The van der Waals surface area contributed by atoms with Gasteiger partial charge in [0.15, 0.2) is 0 Å². The number of alkyl halides is 1. The van der Waals surface area contributed by atoms with Crippen LogP contribution in [0.5, 0.6) is 23.0 Å². The second kappa shape index (κ2) is 10.0. The van der Waals surface area contributed by atoms with Crippen molar-refractivity contribution in [1.82, 2.24) is 4.90 Å². The first-order chi connectivity index (χ1) is 17.0. The van der Waals surface area contributed by atoms with Gasteiger partial charge < -0.3 is 19.7 Å². The number of rotatable bonds is 8. The van der Waals surface area contributed by atoms with Crippen molar-refractivity contribution in [3.05, 3.63) is 83.4 Å². The fraction of sp³-hybridized carbons (Fsp3) is 0.310. The summed E-state index contributed by atoms with van der Waals surface area (Å²) in [4.78, 5) is 2.29. The van der Waals surface area contributed by atoms with Gasteiger partial charge in [0.05, 0.1) is 6.67 Å². The standard InChI is InChI=1S/C29H30FNO4/c1-19-26-16-24(33)7-10-27(26)35-29(28(19)22-3-2-4-23(32)15-22)21-5-8-25(9-6-21)34-14-13-31-17-20(18-31)11-12-30/h2-10,15-16,20,29,32-33H,11-14,17-18H2,1H3. The van der Waals surface area contributed by atoms with E-state index in [1.54, 1.807) is 30.3 Å². The van der Waals surface area contributed by atoms with Gasteiger partial charge in [-0.2, -0.15) is 0 Å². The topological polar surface area (TPSA) is 62.2 Å². The largest absolute Gasteiger partial charge is 0.508 e. The first kappa shape index (κ1) is 23.2. The molecule has 0 bridgehead atoms. The molecule has 182 valence electrons. The number of benzene rings is 3. The second-order valence-corrected chi connectivity index (χ2v) is 9.29. The van der Waals surface area contributed by atoms with Gasteiger partial charge in [0.25, 0.3) is 0 Å². The molecule has 0 spiro atoms. The van der Waals surface area contributed by atoms with Crippen LogP contribution >= 0.6 is 0 Å². The highest BCUT2D eigenvalue weighted by Crippen LogP contribution is 2.47. The van der Waals surface area contributed by atoms with Crippen LogP contribution in [-0.2, 0) is 0 Å². The van der Waals surface area contributed by atoms with Gasteiger partial charge in [-0.25, -0.2) is 0 Å². The molecule has 0 amide bonds. The minimum absolute atomic E-state index is 0.179. The first-order valence-corrected chi connectivity index (χ1v) is 12.0. The Morgan fingerprint density at radius 2 is 1.77 bits per heavy atom. The number of hydrogen-bond acceptors (Lipinski definition) is 5. The lowest BCUT2D eigenvalue weighted by molar-refractivity contribution is 0.0734.